The maximum Gasteiger partial charge on any atom is 0.263 e. The molecule has 2 N–H and O–H groups in total. The molecule has 1 heterocycles. The zero-order valence-electron chi connectivity index (χ0n) is 12.6. The number of rotatable bonds is 3. The number of anilines is 1. The van der Waals surface area contributed by atoms with Crippen LogP contribution in [-0.2, 0) is 4.79 Å². The molecular formula is C17H24N2O2. The zero-order valence-corrected chi connectivity index (χ0v) is 12.6. The summed E-state index contributed by atoms with van der Waals surface area (Å²) in [5.74, 6) is 1.54. The fourth-order valence-corrected chi connectivity index (χ4v) is 3.35. The molecule has 4 heteroatoms. The van der Waals surface area contributed by atoms with Gasteiger partial charge < -0.3 is 15.4 Å². The monoisotopic (exact) mass is 288 g/mol. The first-order valence-electron chi connectivity index (χ1n) is 8.06. The number of hydrogen-bond donors (Lipinski definition) is 2. The molecule has 0 spiro atoms. The summed E-state index contributed by atoms with van der Waals surface area (Å²) in [6.07, 6.45) is 5.51. The molecule has 1 aliphatic heterocycles. The minimum atomic E-state index is -0.429. The number of hydrogen-bond acceptors (Lipinski definition) is 3. The third kappa shape index (κ3) is 3.31. The molecule has 0 bridgehead atoms. The molecule has 3 rings (SSSR count). The van der Waals surface area contributed by atoms with Crippen LogP contribution in [0.15, 0.2) is 24.3 Å². The average Bonchev–Trinajstić information content (AvgIpc) is 2.54. The number of ether oxygens (including phenoxy) is 1. The molecule has 0 radical (unpaired) electrons. The van der Waals surface area contributed by atoms with Crippen molar-refractivity contribution in [3.63, 3.8) is 0 Å². The summed E-state index contributed by atoms with van der Waals surface area (Å²) in [5.41, 5.74) is 0.963. The topological polar surface area (TPSA) is 50.4 Å². The third-order valence-electron chi connectivity index (χ3n) is 4.63. The normalized spacial score (nSPS) is 28.0. The van der Waals surface area contributed by atoms with Crippen LogP contribution >= 0.6 is 0 Å². The van der Waals surface area contributed by atoms with Gasteiger partial charge in [0, 0.05) is 6.04 Å². The highest BCUT2D eigenvalue weighted by Gasteiger charge is 2.29. The lowest BCUT2D eigenvalue weighted by Crippen LogP contribution is -2.49. The van der Waals surface area contributed by atoms with Crippen LogP contribution < -0.4 is 15.4 Å². The summed E-state index contributed by atoms with van der Waals surface area (Å²) in [7, 11) is 0. The van der Waals surface area contributed by atoms with E-state index in [0.717, 1.165) is 30.2 Å². The smallest absolute Gasteiger partial charge is 0.263 e. The quantitative estimate of drug-likeness (QED) is 0.899. The molecule has 0 saturated heterocycles. The maximum atomic E-state index is 12.4. The molecule has 3 atom stereocenters. The summed E-state index contributed by atoms with van der Waals surface area (Å²) in [5, 5.41) is 6.44. The van der Waals surface area contributed by atoms with Crippen molar-refractivity contribution < 1.29 is 9.53 Å². The number of carbonyl (C=O) groups excluding carboxylic acids is 1. The van der Waals surface area contributed by atoms with Crippen molar-refractivity contribution >= 4 is 11.6 Å². The lowest BCUT2D eigenvalue weighted by atomic mass is 9.84. The van der Waals surface area contributed by atoms with Crippen molar-refractivity contribution in [2.24, 2.45) is 5.92 Å². The molecule has 1 aromatic rings. The van der Waals surface area contributed by atoms with Crippen molar-refractivity contribution in [1.82, 2.24) is 5.32 Å². The van der Waals surface area contributed by atoms with Crippen LogP contribution in [0.1, 0.15) is 39.0 Å². The van der Waals surface area contributed by atoms with Gasteiger partial charge in [-0.2, -0.15) is 0 Å². The molecular weight excluding hydrogens is 264 g/mol. The van der Waals surface area contributed by atoms with Crippen molar-refractivity contribution in [3.8, 4) is 5.75 Å². The number of amides is 1. The van der Waals surface area contributed by atoms with E-state index in [-0.39, 0.29) is 5.91 Å². The molecule has 1 aromatic carbocycles. The first kappa shape index (κ1) is 14.2. The van der Waals surface area contributed by atoms with E-state index in [4.69, 9.17) is 4.74 Å². The van der Waals surface area contributed by atoms with E-state index in [1.54, 1.807) is 0 Å². The lowest BCUT2D eigenvalue weighted by molar-refractivity contribution is -0.128. The second-order valence-corrected chi connectivity index (χ2v) is 6.13. The van der Waals surface area contributed by atoms with Crippen LogP contribution in [0.4, 0.5) is 5.69 Å². The third-order valence-corrected chi connectivity index (χ3v) is 4.63. The molecule has 1 saturated carbocycles. The first-order valence-corrected chi connectivity index (χ1v) is 8.06. The van der Waals surface area contributed by atoms with Crippen LogP contribution in [0.2, 0.25) is 0 Å². The van der Waals surface area contributed by atoms with Gasteiger partial charge in [-0.15, -0.1) is 0 Å². The molecule has 1 amide bonds. The molecule has 3 unspecified atom stereocenters. The number of benzene rings is 1. The molecule has 1 fully saturated rings. The van der Waals surface area contributed by atoms with Gasteiger partial charge >= 0.3 is 0 Å². The van der Waals surface area contributed by atoms with Gasteiger partial charge in [-0.05, 0) is 30.9 Å². The average molecular weight is 288 g/mol. The van der Waals surface area contributed by atoms with Crippen molar-refractivity contribution in [1.29, 1.82) is 0 Å². The Morgan fingerprint density at radius 2 is 2.24 bits per heavy atom. The highest BCUT2D eigenvalue weighted by molar-refractivity contribution is 5.83. The Morgan fingerprint density at radius 3 is 3.10 bits per heavy atom. The van der Waals surface area contributed by atoms with Crippen LogP contribution in [-0.4, -0.2) is 24.6 Å². The lowest BCUT2D eigenvalue weighted by Gasteiger charge is -2.32. The fraction of sp³-hybridized carbons (Fsp3) is 0.588. The Hall–Kier alpha value is -1.71. The van der Waals surface area contributed by atoms with Gasteiger partial charge in [0.1, 0.15) is 5.75 Å². The second-order valence-electron chi connectivity index (χ2n) is 6.13. The van der Waals surface area contributed by atoms with E-state index in [0.29, 0.717) is 12.6 Å². The largest absolute Gasteiger partial charge is 0.477 e. The summed E-state index contributed by atoms with van der Waals surface area (Å²) < 4.78 is 5.81. The first-order chi connectivity index (χ1) is 10.3. The van der Waals surface area contributed by atoms with Crippen LogP contribution in [0.3, 0.4) is 0 Å². The summed E-state index contributed by atoms with van der Waals surface area (Å²) in [4.78, 5) is 12.4. The Morgan fingerprint density at radius 1 is 1.38 bits per heavy atom. The molecule has 21 heavy (non-hydrogen) atoms. The summed E-state index contributed by atoms with van der Waals surface area (Å²) >= 11 is 0. The highest BCUT2D eigenvalue weighted by atomic mass is 16.5. The van der Waals surface area contributed by atoms with Crippen molar-refractivity contribution in [2.75, 3.05) is 11.9 Å². The minimum absolute atomic E-state index is 0.0127. The zero-order chi connectivity index (χ0) is 14.7. The summed E-state index contributed by atoms with van der Waals surface area (Å²) in [6, 6.07) is 8.07. The van der Waals surface area contributed by atoms with Crippen LogP contribution in [0.5, 0.6) is 5.75 Å². The van der Waals surface area contributed by atoms with E-state index < -0.39 is 6.10 Å². The van der Waals surface area contributed by atoms with E-state index in [1.165, 1.54) is 19.3 Å². The number of fused-ring (bicyclic) bond motifs is 1. The standard InChI is InChI=1S/C17H24N2O2/c1-2-12-6-5-7-13(10-12)19-17(20)16-11-18-14-8-3-4-9-15(14)21-16/h3-4,8-9,12-13,16,18H,2,5-7,10-11H2,1H3,(H,19,20). The van der Waals surface area contributed by atoms with Gasteiger partial charge in [-0.25, -0.2) is 0 Å². The molecule has 0 aromatic heterocycles. The molecule has 1 aliphatic carbocycles. The van der Waals surface area contributed by atoms with E-state index in [9.17, 15) is 4.79 Å². The van der Waals surface area contributed by atoms with Gasteiger partial charge in [0.2, 0.25) is 0 Å². The van der Waals surface area contributed by atoms with Crippen LogP contribution in [0, 0.1) is 5.92 Å². The predicted molar refractivity (Wildman–Crippen MR) is 83.5 cm³/mol. The van der Waals surface area contributed by atoms with Gasteiger partial charge in [0.15, 0.2) is 6.10 Å². The Kier molecular flexibility index (Phi) is 4.32. The summed E-state index contributed by atoms with van der Waals surface area (Å²) in [6.45, 7) is 2.77. The van der Waals surface area contributed by atoms with Gasteiger partial charge in [-0.1, -0.05) is 38.3 Å². The predicted octanol–water partition coefficient (Wildman–Crippen LogP) is 2.94. The Balaban J connectivity index is 1.57. The Bertz CT molecular complexity index is 503. The number of carbonyl (C=O) groups is 1. The number of nitrogens with one attached hydrogen (secondary N) is 2. The second kappa shape index (κ2) is 6.37. The molecule has 114 valence electrons. The molecule has 4 nitrogen and oxygen atoms in total. The SMILES string of the molecule is CCC1CCCC(NC(=O)C2CNc3ccccc3O2)C1. The molecule has 2 aliphatic rings. The van der Waals surface area contributed by atoms with Crippen molar-refractivity contribution in [3.05, 3.63) is 24.3 Å². The minimum Gasteiger partial charge on any atom is -0.477 e. The van der Waals surface area contributed by atoms with Gasteiger partial charge in [-0.3, -0.25) is 4.79 Å². The van der Waals surface area contributed by atoms with E-state index >= 15 is 0 Å². The fourth-order valence-electron chi connectivity index (χ4n) is 3.35. The highest BCUT2D eigenvalue weighted by Crippen LogP contribution is 2.29. The van der Waals surface area contributed by atoms with Gasteiger partial charge in [0.25, 0.3) is 5.91 Å². The van der Waals surface area contributed by atoms with Crippen LogP contribution in [0.25, 0.3) is 0 Å². The Labute approximate surface area is 126 Å². The van der Waals surface area contributed by atoms with Gasteiger partial charge in [0.05, 0.1) is 12.2 Å². The van der Waals surface area contributed by atoms with E-state index in [1.807, 2.05) is 24.3 Å². The van der Waals surface area contributed by atoms with E-state index in [2.05, 4.69) is 17.6 Å². The van der Waals surface area contributed by atoms with Crippen molar-refractivity contribution in [2.45, 2.75) is 51.2 Å². The number of para-hydroxylation sites is 2. The maximum absolute atomic E-state index is 12.4.